The minimum atomic E-state index is -0.544. The summed E-state index contributed by atoms with van der Waals surface area (Å²) in [5.41, 5.74) is 1.73. The topological polar surface area (TPSA) is 97.3 Å². The van der Waals surface area contributed by atoms with E-state index in [1.54, 1.807) is 25.1 Å². The number of nitrogens with zero attached hydrogens (tertiary/aromatic N) is 2. The average molecular weight is 277 g/mol. The van der Waals surface area contributed by atoms with E-state index in [1.807, 2.05) is 0 Å². The van der Waals surface area contributed by atoms with Gasteiger partial charge in [-0.25, -0.2) is 4.79 Å². The van der Waals surface area contributed by atoms with Crippen molar-refractivity contribution in [3.63, 3.8) is 0 Å². The van der Waals surface area contributed by atoms with E-state index in [1.165, 1.54) is 7.11 Å². The fourth-order valence-corrected chi connectivity index (χ4v) is 1.82. The number of aromatic nitrogens is 3. The Kier molecular flexibility index (Phi) is 4.31. The van der Waals surface area contributed by atoms with Crippen LogP contribution in [-0.2, 0) is 11.3 Å². The molecule has 0 spiro atoms. The monoisotopic (exact) mass is 277 g/mol. The molecule has 0 fully saturated rings. The van der Waals surface area contributed by atoms with Crippen LogP contribution in [0.15, 0.2) is 18.2 Å². The number of benzene rings is 1. The van der Waals surface area contributed by atoms with Crippen LogP contribution in [0.2, 0.25) is 0 Å². The number of nitrogens with one attached hydrogen (secondary N) is 1. The van der Waals surface area contributed by atoms with E-state index >= 15 is 0 Å². The minimum Gasteiger partial charge on any atom is -0.496 e. The second kappa shape index (κ2) is 6.16. The van der Waals surface area contributed by atoms with Crippen molar-refractivity contribution >= 4 is 5.97 Å². The third-order valence-corrected chi connectivity index (χ3v) is 2.74. The van der Waals surface area contributed by atoms with Crippen LogP contribution in [0.1, 0.15) is 23.0 Å². The maximum Gasteiger partial charge on any atom is 0.361 e. The number of ether oxygens (including phenoxy) is 2. The Labute approximate surface area is 115 Å². The number of carbonyl (C=O) groups excluding carboxylic acids is 1. The molecule has 106 valence electrons. The molecule has 0 aliphatic heterocycles. The van der Waals surface area contributed by atoms with Crippen molar-refractivity contribution in [2.24, 2.45) is 0 Å². The van der Waals surface area contributed by atoms with Crippen molar-refractivity contribution in [2.75, 3.05) is 13.7 Å². The van der Waals surface area contributed by atoms with Gasteiger partial charge < -0.3 is 14.6 Å². The molecule has 20 heavy (non-hydrogen) atoms. The number of carbonyl (C=O) groups is 1. The lowest BCUT2D eigenvalue weighted by Gasteiger charge is -2.08. The van der Waals surface area contributed by atoms with Crippen LogP contribution in [0.3, 0.4) is 0 Å². The van der Waals surface area contributed by atoms with E-state index in [0.29, 0.717) is 22.6 Å². The van der Waals surface area contributed by atoms with Gasteiger partial charge in [0.25, 0.3) is 0 Å². The number of H-pyrrole nitrogens is 1. The number of aromatic amines is 1. The first-order valence-electron chi connectivity index (χ1n) is 6.07. The molecule has 0 bridgehead atoms. The summed E-state index contributed by atoms with van der Waals surface area (Å²) >= 11 is 0. The first-order chi connectivity index (χ1) is 9.71. The standard InChI is InChI=1S/C13H15N3O4/c1-3-20-13(18)12-11(14-16-15-12)8-4-5-10(19-2)9(6-8)7-17/h4-6,17H,3,7H2,1-2H3,(H,14,15,16). The van der Waals surface area contributed by atoms with Crippen molar-refractivity contribution in [1.82, 2.24) is 15.4 Å². The number of rotatable bonds is 5. The van der Waals surface area contributed by atoms with Crippen LogP contribution in [0.5, 0.6) is 5.75 Å². The van der Waals surface area contributed by atoms with Gasteiger partial charge in [-0.3, -0.25) is 0 Å². The molecule has 2 rings (SSSR count). The van der Waals surface area contributed by atoms with Crippen molar-refractivity contribution in [3.05, 3.63) is 29.5 Å². The van der Waals surface area contributed by atoms with Crippen LogP contribution in [-0.4, -0.2) is 40.2 Å². The predicted octanol–water partition coefficient (Wildman–Crippen LogP) is 1.15. The molecule has 0 saturated heterocycles. The molecule has 7 nitrogen and oxygen atoms in total. The largest absolute Gasteiger partial charge is 0.496 e. The lowest BCUT2D eigenvalue weighted by atomic mass is 10.1. The normalized spacial score (nSPS) is 10.3. The molecule has 2 aromatic rings. The molecule has 1 heterocycles. The Morgan fingerprint density at radius 2 is 2.20 bits per heavy atom. The highest BCUT2D eigenvalue weighted by Crippen LogP contribution is 2.27. The van der Waals surface area contributed by atoms with E-state index < -0.39 is 5.97 Å². The zero-order valence-corrected chi connectivity index (χ0v) is 11.2. The second-order valence-electron chi connectivity index (χ2n) is 3.93. The van der Waals surface area contributed by atoms with E-state index in [-0.39, 0.29) is 18.9 Å². The van der Waals surface area contributed by atoms with Crippen LogP contribution in [0.25, 0.3) is 11.3 Å². The Balaban J connectivity index is 2.42. The fourth-order valence-electron chi connectivity index (χ4n) is 1.82. The van der Waals surface area contributed by atoms with Crippen molar-refractivity contribution in [2.45, 2.75) is 13.5 Å². The molecule has 0 aliphatic carbocycles. The van der Waals surface area contributed by atoms with Crippen LogP contribution in [0.4, 0.5) is 0 Å². The summed E-state index contributed by atoms with van der Waals surface area (Å²) in [6.07, 6.45) is 0. The molecule has 0 unspecified atom stereocenters. The van der Waals surface area contributed by atoms with E-state index in [9.17, 15) is 9.90 Å². The summed E-state index contributed by atoms with van der Waals surface area (Å²) in [7, 11) is 1.52. The molecular weight excluding hydrogens is 262 g/mol. The molecular formula is C13H15N3O4. The molecule has 0 saturated carbocycles. The number of aliphatic hydroxyl groups is 1. The summed E-state index contributed by atoms with van der Waals surface area (Å²) in [5, 5.41) is 19.5. The lowest BCUT2D eigenvalue weighted by Crippen LogP contribution is -2.07. The van der Waals surface area contributed by atoms with Crippen LogP contribution in [0, 0.1) is 0 Å². The smallest absolute Gasteiger partial charge is 0.361 e. The molecule has 0 atom stereocenters. The van der Waals surface area contributed by atoms with Gasteiger partial charge in [0.15, 0.2) is 5.69 Å². The first kappa shape index (κ1) is 14.0. The number of aliphatic hydroxyl groups excluding tert-OH is 1. The minimum absolute atomic E-state index is 0.112. The number of hydrogen-bond donors (Lipinski definition) is 2. The number of hydrogen-bond acceptors (Lipinski definition) is 6. The van der Waals surface area contributed by atoms with Gasteiger partial charge in [-0.2, -0.15) is 10.3 Å². The van der Waals surface area contributed by atoms with E-state index in [0.717, 1.165) is 0 Å². The van der Waals surface area contributed by atoms with Crippen LogP contribution >= 0.6 is 0 Å². The Hall–Kier alpha value is -2.41. The van der Waals surface area contributed by atoms with Crippen molar-refractivity contribution in [3.8, 4) is 17.0 Å². The highest BCUT2D eigenvalue weighted by molar-refractivity contribution is 5.93. The van der Waals surface area contributed by atoms with Crippen molar-refractivity contribution in [1.29, 1.82) is 0 Å². The van der Waals surface area contributed by atoms with Gasteiger partial charge in [0.1, 0.15) is 11.4 Å². The molecule has 0 radical (unpaired) electrons. The fraction of sp³-hybridized carbons (Fsp3) is 0.308. The number of methoxy groups -OCH3 is 1. The average Bonchev–Trinajstić information content (AvgIpc) is 2.96. The molecule has 1 aromatic heterocycles. The Bertz CT molecular complexity index is 609. The van der Waals surface area contributed by atoms with Crippen molar-refractivity contribution < 1.29 is 19.4 Å². The quantitative estimate of drug-likeness (QED) is 0.796. The molecule has 0 aliphatic rings. The molecule has 1 aromatic carbocycles. The third-order valence-electron chi connectivity index (χ3n) is 2.74. The van der Waals surface area contributed by atoms with Gasteiger partial charge in [-0.15, -0.1) is 5.10 Å². The summed E-state index contributed by atoms with van der Waals surface area (Å²) in [6.45, 7) is 1.80. The first-order valence-corrected chi connectivity index (χ1v) is 6.07. The molecule has 7 heteroatoms. The van der Waals surface area contributed by atoms with Gasteiger partial charge in [-0.05, 0) is 25.1 Å². The summed E-state index contributed by atoms with van der Waals surface area (Å²) in [4.78, 5) is 11.8. The third kappa shape index (κ3) is 2.62. The highest BCUT2D eigenvalue weighted by Gasteiger charge is 2.19. The summed E-state index contributed by atoms with van der Waals surface area (Å²) in [5.74, 6) is 0.0232. The second-order valence-corrected chi connectivity index (χ2v) is 3.93. The van der Waals surface area contributed by atoms with E-state index in [4.69, 9.17) is 9.47 Å². The molecule has 0 amide bonds. The zero-order valence-electron chi connectivity index (χ0n) is 11.2. The predicted molar refractivity (Wildman–Crippen MR) is 70.3 cm³/mol. The molecule has 2 N–H and O–H groups in total. The lowest BCUT2D eigenvalue weighted by molar-refractivity contribution is 0.0520. The van der Waals surface area contributed by atoms with Crippen LogP contribution < -0.4 is 4.74 Å². The summed E-state index contributed by atoms with van der Waals surface area (Å²) in [6, 6.07) is 5.13. The SMILES string of the molecule is CCOC(=O)c1n[nH]nc1-c1ccc(OC)c(CO)c1. The Morgan fingerprint density at radius 3 is 2.85 bits per heavy atom. The van der Waals surface area contributed by atoms with Gasteiger partial charge in [-0.1, -0.05) is 0 Å². The van der Waals surface area contributed by atoms with Gasteiger partial charge in [0.05, 0.1) is 20.3 Å². The zero-order chi connectivity index (χ0) is 14.5. The van der Waals surface area contributed by atoms with E-state index in [2.05, 4.69) is 15.4 Å². The van der Waals surface area contributed by atoms with Gasteiger partial charge >= 0.3 is 5.97 Å². The maximum absolute atomic E-state index is 11.8. The van der Waals surface area contributed by atoms with Gasteiger partial charge in [0, 0.05) is 11.1 Å². The highest BCUT2D eigenvalue weighted by atomic mass is 16.5. The summed E-state index contributed by atoms with van der Waals surface area (Å²) < 4.78 is 10.0. The number of esters is 1. The Morgan fingerprint density at radius 1 is 1.40 bits per heavy atom. The maximum atomic E-state index is 11.8. The van der Waals surface area contributed by atoms with Gasteiger partial charge in [0.2, 0.25) is 0 Å².